The third-order valence-corrected chi connectivity index (χ3v) is 7.42. The maximum atomic E-state index is 13.1. The van der Waals surface area contributed by atoms with Crippen molar-refractivity contribution in [3.63, 3.8) is 0 Å². The maximum absolute atomic E-state index is 13.1. The Balaban J connectivity index is 1.88. The molecule has 1 atom stereocenters. The molecule has 0 bridgehead atoms. The van der Waals surface area contributed by atoms with Gasteiger partial charge in [-0.05, 0) is 85.7 Å². The quantitative estimate of drug-likeness (QED) is 0.677. The molecule has 0 aromatic heterocycles. The summed E-state index contributed by atoms with van der Waals surface area (Å²) in [5, 5.41) is 0. The Hall–Kier alpha value is -2.38. The average Bonchev–Trinajstić information content (AvgIpc) is 3.12. The zero-order chi connectivity index (χ0) is 22.9. The average molecular weight is 445 g/mol. The van der Waals surface area contributed by atoms with Crippen LogP contribution in [0.15, 0.2) is 35.2 Å². The Labute approximate surface area is 185 Å². The summed E-state index contributed by atoms with van der Waals surface area (Å²) < 4.78 is 34.5. The smallest absolute Gasteiger partial charge is 0.241 e. The number of nitrogens with zero attached hydrogens (tertiary/aromatic N) is 1. The standard InChI is InChI=1S/C24H32N2O4S/c1-15(2)20-14-21(16(3)13-23(20)30-6)18(5)25-31(28,29)19-9-10-22(17(4)12-19)26-11-7-8-24(26)27/h9-10,12-15,18,25H,7-8,11H2,1-6H3/t18-/m1/s1. The van der Waals surface area contributed by atoms with Crippen LogP contribution in [0.5, 0.6) is 5.75 Å². The van der Waals surface area contributed by atoms with Crippen LogP contribution >= 0.6 is 0 Å². The molecule has 6 nitrogen and oxygen atoms in total. The van der Waals surface area contributed by atoms with E-state index in [-0.39, 0.29) is 16.7 Å². The molecule has 1 aliphatic rings. The summed E-state index contributed by atoms with van der Waals surface area (Å²) in [6.45, 7) is 10.5. The van der Waals surface area contributed by atoms with E-state index < -0.39 is 16.1 Å². The van der Waals surface area contributed by atoms with E-state index in [1.54, 1.807) is 30.2 Å². The van der Waals surface area contributed by atoms with E-state index in [1.807, 2.05) is 32.9 Å². The number of hydrogen-bond donors (Lipinski definition) is 1. The normalized spacial score (nSPS) is 15.6. The second-order valence-corrected chi connectivity index (χ2v) is 10.3. The lowest BCUT2D eigenvalue weighted by Gasteiger charge is -2.22. The molecule has 1 heterocycles. The third-order valence-electron chi connectivity index (χ3n) is 5.88. The number of rotatable bonds is 7. The molecule has 1 amide bonds. The molecule has 0 aliphatic carbocycles. The zero-order valence-electron chi connectivity index (χ0n) is 19.2. The van der Waals surface area contributed by atoms with Crippen LogP contribution in [0.1, 0.15) is 67.8 Å². The number of carbonyl (C=O) groups is 1. The van der Waals surface area contributed by atoms with E-state index in [4.69, 9.17) is 4.74 Å². The predicted octanol–water partition coefficient (Wildman–Crippen LogP) is 4.60. The molecule has 1 N–H and O–H groups in total. The largest absolute Gasteiger partial charge is 0.496 e. The van der Waals surface area contributed by atoms with Crippen molar-refractivity contribution >= 4 is 21.6 Å². The van der Waals surface area contributed by atoms with E-state index in [9.17, 15) is 13.2 Å². The lowest BCUT2D eigenvalue weighted by atomic mass is 9.94. The Kier molecular flexibility index (Phi) is 6.76. The summed E-state index contributed by atoms with van der Waals surface area (Å²) >= 11 is 0. The molecule has 2 aromatic carbocycles. The monoisotopic (exact) mass is 444 g/mol. The summed E-state index contributed by atoms with van der Waals surface area (Å²) in [6, 6.07) is 8.52. The second-order valence-electron chi connectivity index (χ2n) is 8.55. The first-order valence-corrected chi connectivity index (χ1v) is 12.1. The van der Waals surface area contributed by atoms with Crippen molar-refractivity contribution in [2.45, 2.75) is 64.3 Å². The van der Waals surface area contributed by atoms with Crippen molar-refractivity contribution in [1.82, 2.24) is 4.72 Å². The number of hydrogen-bond acceptors (Lipinski definition) is 4. The van der Waals surface area contributed by atoms with Gasteiger partial charge < -0.3 is 9.64 Å². The van der Waals surface area contributed by atoms with Crippen molar-refractivity contribution in [3.8, 4) is 5.75 Å². The van der Waals surface area contributed by atoms with E-state index in [1.165, 1.54) is 0 Å². The summed E-state index contributed by atoms with van der Waals surface area (Å²) in [5.41, 5.74) is 4.49. The van der Waals surface area contributed by atoms with Gasteiger partial charge in [0.05, 0.1) is 12.0 Å². The number of amides is 1. The van der Waals surface area contributed by atoms with E-state index in [0.717, 1.165) is 40.1 Å². The molecule has 31 heavy (non-hydrogen) atoms. The van der Waals surface area contributed by atoms with Gasteiger partial charge in [-0.2, -0.15) is 0 Å². The lowest BCUT2D eigenvalue weighted by molar-refractivity contribution is -0.117. The van der Waals surface area contributed by atoms with Crippen LogP contribution < -0.4 is 14.4 Å². The van der Waals surface area contributed by atoms with Gasteiger partial charge in [0.1, 0.15) is 5.75 Å². The van der Waals surface area contributed by atoms with Gasteiger partial charge in [0.15, 0.2) is 0 Å². The molecule has 1 saturated heterocycles. The number of carbonyl (C=O) groups excluding carboxylic acids is 1. The summed E-state index contributed by atoms with van der Waals surface area (Å²) in [4.78, 5) is 14.0. The number of sulfonamides is 1. The van der Waals surface area contributed by atoms with Crippen molar-refractivity contribution in [2.24, 2.45) is 0 Å². The zero-order valence-corrected chi connectivity index (χ0v) is 20.0. The van der Waals surface area contributed by atoms with Gasteiger partial charge in [-0.1, -0.05) is 13.8 Å². The van der Waals surface area contributed by atoms with Gasteiger partial charge in [0.25, 0.3) is 0 Å². The highest BCUT2D eigenvalue weighted by atomic mass is 32.2. The van der Waals surface area contributed by atoms with E-state index in [0.29, 0.717) is 13.0 Å². The maximum Gasteiger partial charge on any atom is 0.241 e. The van der Waals surface area contributed by atoms with Crippen molar-refractivity contribution < 1.29 is 17.9 Å². The second kappa shape index (κ2) is 9.01. The Morgan fingerprint density at radius 2 is 1.74 bits per heavy atom. The van der Waals surface area contributed by atoms with Crippen LogP contribution in [-0.2, 0) is 14.8 Å². The Bertz CT molecular complexity index is 1090. The van der Waals surface area contributed by atoms with Crippen molar-refractivity contribution in [2.75, 3.05) is 18.6 Å². The van der Waals surface area contributed by atoms with Gasteiger partial charge in [-0.3, -0.25) is 4.79 Å². The summed E-state index contributed by atoms with van der Waals surface area (Å²) in [7, 11) is -2.09. The molecular formula is C24H32N2O4S. The molecule has 0 unspecified atom stereocenters. The van der Waals surface area contributed by atoms with Gasteiger partial charge >= 0.3 is 0 Å². The first kappa shape index (κ1) is 23.3. The summed E-state index contributed by atoms with van der Waals surface area (Å²) in [6.07, 6.45) is 1.37. The lowest BCUT2D eigenvalue weighted by Crippen LogP contribution is -2.28. The van der Waals surface area contributed by atoms with Crippen molar-refractivity contribution in [1.29, 1.82) is 0 Å². The number of benzene rings is 2. The molecule has 7 heteroatoms. The van der Waals surface area contributed by atoms with E-state index >= 15 is 0 Å². The first-order chi connectivity index (χ1) is 14.5. The van der Waals surface area contributed by atoms with Crippen LogP contribution in [0.3, 0.4) is 0 Å². The number of anilines is 1. The van der Waals surface area contributed by atoms with Crippen LogP contribution in [0.4, 0.5) is 5.69 Å². The molecule has 0 radical (unpaired) electrons. The van der Waals surface area contributed by atoms with Gasteiger partial charge in [-0.15, -0.1) is 0 Å². The molecule has 0 saturated carbocycles. The first-order valence-electron chi connectivity index (χ1n) is 10.7. The molecule has 0 spiro atoms. The number of aryl methyl sites for hydroxylation is 2. The molecular weight excluding hydrogens is 412 g/mol. The molecule has 168 valence electrons. The molecule has 1 fully saturated rings. The fourth-order valence-corrected chi connectivity index (χ4v) is 5.48. The highest BCUT2D eigenvalue weighted by Gasteiger charge is 2.25. The van der Waals surface area contributed by atoms with Crippen LogP contribution in [0, 0.1) is 13.8 Å². The fourth-order valence-electron chi connectivity index (χ4n) is 4.18. The number of nitrogens with one attached hydrogen (secondary N) is 1. The minimum Gasteiger partial charge on any atom is -0.496 e. The molecule has 2 aromatic rings. The molecule has 3 rings (SSSR count). The number of methoxy groups -OCH3 is 1. The van der Waals surface area contributed by atoms with Gasteiger partial charge in [-0.25, -0.2) is 13.1 Å². The van der Waals surface area contributed by atoms with Crippen LogP contribution in [0.2, 0.25) is 0 Å². The van der Waals surface area contributed by atoms with E-state index in [2.05, 4.69) is 18.6 Å². The Morgan fingerprint density at radius 3 is 2.29 bits per heavy atom. The van der Waals surface area contributed by atoms with Gasteiger partial charge in [0.2, 0.25) is 15.9 Å². The van der Waals surface area contributed by atoms with Crippen LogP contribution in [-0.4, -0.2) is 28.0 Å². The summed E-state index contributed by atoms with van der Waals surface area (Å²) in [5.74, 6) is 1.15. The topological polar surface area (TPSA) is 75.7 Å². The van der Waals surface area contributed by atoms with Crippen molar-refractivity contribution in [3.05, 3.63) is 52.6 Å². The minimum absolute atomic E-state index is 0.0846. The minimum atomic E-state index is -3.73. The highest BCUT2D eigenvalue weighted by Crippen LogP contribution is 2.33. The SMILES string of the molecule is COc1cc(C)c([C@@H](C)NS(=O)(=O)c2ccc(N3CCCC3=O)c(C)c2)cc1C(C)C. The number of ether oxygens (including phenoxy) is 1. The Morgan fingerprint density at radius 1 is 1.03 bits per heavy atom. The highest BCUT2D eigenvalue weighted by molar-refractivity contribution is 7.89. The third kappa shape index (κ3) is 4.77. The van der Waals surface area contributed by atoms with Gasteiger partial charge in [0, 0.05) is 24.7 Å². The predicted molar refractivity (Wildman–Crippen MR) is 123 cm³/mol. The molecule has 1 aliphatic heterocycles. The fraction of sp³-hybridized carbons (Fsp3) is 0.458. The van der Waals surface area contributed by atoms with Crippen LogP contribution in [0.25, 0.3) is 0 Å².